The maximum absolute atomic E-state index is 13.6. The van der Waals surface area contributed by atoms with Crippen molar-refractivity contribution in [3.05, 3.63) is 53.7 Å². The van der Waals surface area contributed by atoms with E-state index in [-0.39, 0.29) is 36.0 Å². The predicted octanol–water partition coefficient (Wildman–Crippen LogP) is 2.66. The second-order valence-electron chi connectivity index (χ2n) is 10.7. The topological polar surface area (TPSA) is 117 Å². The molecule has 3 aromatic rings. The summed E-state index contributed by atoms with van der Waals surface area (Å²) in [5.41, 5.74) is 7.53. The Morgan fingerprint density at radius 3 is 2.51 bits per heavy atom. The number of hydrogen-bond acceptors (Lipinski definition) is 6. The van der Waals surface area contributed by atoms with Gasteiger partial charge in [-0.05, 0) is 48.6 Å². The molecule has 5 atom stereocenters. The summed E-state index contributed by atoms with van der Waals surface area (Å²) in [5.74, 6) is 1.57. The van der Waals surface area contributed by atoms with Gasteiger partial charge in [0.25, 0.3) is 5.91 Å². The number of carbonyl (C=O) groups is 3. The van der Waals surface area contributed by atoms with Gasteiger partial charge < -0.3 is 20.1 Å². The highest BCUT2D eigenvalue weighted by Gasteiger charge is 2.56. The number of likely N-dealkylation sites (tertiary alicyclic amines) is 1. The zero-order chi connectivity index (χ0) is 25.3. The average Bonchev–Trinajstić information content (AvgIpc) is 3.79. The Hall–Kier alpha value is -3.88. The summed E-state index contributed by atoms with van der Waals surface area (Å²) in [7, 11) is 0. The summed E-state index contributed by atoms with van der Waals surface area (Å²) in [6, 6.07) is 13.5. The second kappa shape index (κ2) is 8.33. The summed E-state index contributed by atoms with van der Waals surface area (Å²) in [6.45, 7) is 0.754. The molecule has 2 aliphatic heterocycles. The van der Waals surface area contributed by atoms with Crippen LogP contribution >= 0.6 is 0 Å². The molecule has 2 aliphatic carbocycles. The summed E-state index contributed by atoms with van der Waals surface area (Å²) in [6.07, 6.45) is 3.21. The number of primary amides is 1. The van der Waals surface area contributed by atoms with E-state index >= 15 is 0 Å². The summed E-state index contributed by atoms with van der Waals surface area (Å²) >= 11 is 0. The number of benzene rings is 2. The van der Waals surface area contributed by atoms with Crippen LogP contribution in [0.15, 0.2) is 42.5 Å². The number of hydrogen-bond donors (Lipinski definition) is 1. The largest absolute Gasteiger partial charge is 0.486 e. The molecule has 2 N–H and O–H groups in total. The third-order valence-electron chi connectivity index (χ3n) is 8.31. The van der Waals surface area contributed by atoms with Crippen LogP contribution in [-0.2, 0) is 16.1 Å². The van der Waals surface area contributed by atoms with E-state index in [1.807, 2.05) is 18.2 Å². The van der Waals surface area contributed by atoms with Crippen LogP contribution in [0.1, 0.15) is 47.7 Å². The minimum atomic E-state index is -0.679. The minimum Gasteiger partial charge on any atom is -0.486 e. The molecule has 190 valence electrons. The highest BCUT2D eigenvalue weighted by atomic mass is 16.6. The Balaban J connectivity index is 1.11. The number of Topliss-reactive ketones (excluding diaryl/α,β-unsaturated/α-hetero) is 1. The number of aromatic nitrogens is 2. The molecule has 9 heteroatoms. The van der Waals surface area contributed by atoms with Gasteiger partial charge in [0, 0.05) is 23.9 Å². The van der Waals surface area contributed by atoms with Gasteiger partial charge in [0.15, 0.2) is 23.0 Å². The number of rotatable bonds is 7. The Morgan fingerprint density at radius 1 is 1.00 bits per heavy atom. The number of amides is 2. The summed E-state index contributed by atoms with van der Waals surface area (Å²) in [4.78, 5) is 40.9. The van der Waals surface area contributed by atoms with Crippen LogP contribution in [0.3, 0.4) is 0 Å². The van der Waals surface area contributed by atoms with Crippen molar-refractivity contribution in [2.24, 2.45) is 17.6 Å². The molecule has 37 heavy (non-hydrogen) atoms. The Kier molecular flexibility index (Phi) is 5.02. The van der Waals surface area contributed by atoms with Gasteiger partial charge in [-0.3, -0.25) is 19.1 Å². The molecule has 9 nitrogen and oxygen atoms in total. The van der Waals surface area contributed by atoms with Crippen LogP contribution in [0, 0.1) is 11.8 Å². The molecule has 2 saturated carbocycles. The average molecular weight is 501 g/mol. The molecular weight excluding hydrogens is 472 g/mol. The van der Waals surface area contributed by atoms with Crippen LogP contribution < -0.4 is 15.2 Å². The highest BCUT2D eigenvalue weighted by molar-refractivity contribution is 6.05. The fraction of sp³-hybridized carbons (Fsp3) is 0.429. The lowest BCUT2D eigenvalue weighted by atomic mass is 10.00. The van der Waals surface area contributed by atoms with Crippen molar-refractivity contribution in [3.63, 3.8) is 0 Å². The van der Waals surface area contributed by atoms with Crippen molar-refractivity contribution in [2.75, 3.05) is 13.2 Å². The van der Waals surface area contributed by atoms with Gasteiger partial charge in [0.05, 0.1) is 11.6 Å². The number of nitrogens with zero attached hydrogens (tertiary/aromatic N) is 3. The molecular formula is C28H28N4O5. The van der Waals surface area contributed by atoms with E-state index in [9.17, 15) is 14.4 Å². The quantitative estimate of drug-likeness (QED) is 0.533. The van der Waals surface area contributed by atoms with Crippen LogP contribution in [0.2, 0.25) is 0 Å². The number of ether oxygens (including phenoxy) is 2. The molecule has 4 aliphatic rings. The van der Waals surface area contributed by atoms with Crippen LogP contribution in [-0.4, -0.2) is 57.6 Å². The molecule has 0 radical (unpaired) electrons. The van der Waals surface area contributed by atoms with Crippen molar-refractivity contribution in [1.82, 2.24) is 14.7 Å². The van der Waals surface area contributed by atoms with Gasteiger partial charge in [0.1, 0.15) is 19.8 Å². The normalized spacial score (nSPS) is 27.1. The van der Waals surface area contributed by atoms with E-state index in [1.165, 1.54) is 10.2 Å². The number of piperidine rings is 1. The zero-order valence-electron chi connectivity index (χ0n) is 20.3. The molecule has 2 aromatic carbocycles. The molecule has 0 bridgehead atoms. The maximum Gasteiger partial charge on any atom is 0.269 e. The van der Waals surface area contributed by atoms with E-state index in [2.05, 4.69) is 17.2 Å². The van der Waals surface area contributed by atoms with Gasteiger partial charge in [-0.1, -0.05) is 30.3 Å². The van der Waals surface area contributed by atoms with Gasteiger partial charge in [-0.15, -0.1) is 0 Å². The number of nitrogens with two attached hydrogens (primary N) is 1. The van der Waals surface area contributed by atoms with Crippen LogP contribution in [0.25, 0.3) is 10.9 Å². The Labute approximate surface area is 213 Å². The van der Waals surface area contributed by atoms with E-state index in [0.29, 0.717) is 59.8 Å². The van der Waals surface area contributed by atoms with Gasteiger partial charge in [-0.2, -0.15) is 5.10 Å². The van der Waals surface area contributed by atoms with Crippen LogP contribution in [0.4, 0.5) is 0 Å². The van der Waals surface area contributed by atoms with Crippen LogP contribution in [0.5, 0.6) is 11.5 Å². The predicted molar refractivity (Wildman–Crippen MR) is 133 cm³/mol. The second-order valence-corrected chi connectivity index (χ2v) is 10.7. The van der Waals surface area contributed by atoms with Gasteiger partial charge >= 0.3 is 0 Å². The van der Waals surface area contributed by atoms with Crippen molar-refractivity contribution in [2.45, 2.75) is 50.2 Å². The first-order valence-corrected chi connectivity index (χ1v) is 13.0. The first-order chi connectivity index (χ1) is 18.0. The number of carbonyl (C=O) groups excluding carboxylic acids is 3. The summed E-state index contributed by atoms with van der Waals surface area (Å²) in [5, 5.41) is 4.90. The van der Waals surface area contributed by atoms with E-state index in [4.69, 9.17) is 15.2 Å². The third kappa shape index (κ3) is 3.84. The van der Waals surface area contributed by atoms with E-state index in [1.54, 1.807) is 17.0 Å². The molecule has 1 aromatic heterocycles. The van der Waals surface area contributed by atoms with Crippen molar-refractivity contribution >= 4 is 28.5 Å². The first-order valence-electron chi connectivity index (χ1n) is 13.0. The highest BCUT2D eigenvalue weighted by Crippen LogP contribution is 2.52. The molecule has 1 saturated heterocycles. The Bertz CT molecular complexity index is 1430. The van der Waals surface area contributed by atoms with E-state index in [0.717, 1.165) is 19.3 Å². The monoisotopic (exact) mass is 500 g/mol. The fourth-order valence-electron chi connectivity index (χ4n) is 6.30. The lowest BCUT2D eigenvalue weighted by Crippen LogP contribution is -2.44. The third-order valence-corrected chi connectivity index (χ3v) is 8.31. The van der Waals surface area contributed by atoms with Crippen molar-refractivity contribution in [1.29, 1.82) is 0 Å². The minimum absolute atomic E-state index is 0.0769. The number of ketones is 1. The SMILES string of the molecule is NC(=O)c1nn(CC(=O)N2[C@@H]3C[C@@H]3C[C@H]2C(=O)C[C@@H]2C[C@H]2c2ccccc2)c2cc3c(cc12)OCCO3. The standard InChI is InChI=1S/C28H28N4O5/c29-28(35)27-19-12-24-25(37-7-6-36-24)13-21(19)31(30-27)14-26(34)32-20-9-17(20)10-22(32)23(33)11-16-8-18(16)15-4-2-1-3-5-15/h1-5,12-13,16-18,20,22H,6-11,14H2,(H2,29,35)/t16-,17+,18-,20+,22-/m0/s1. The van der Waals surface area contributed by atoms with Crippen molar-refractivity contribution in [3.8, 4) is 11.5 Å². The molecule has 0 spiro atoms. The smallest absolute Gasteiger partial charge is 0.269 e. The zero-order valence-corrected chi connectivity index (χ0v) is 20.3. The lowest BCUT2D eigenvalue weighted by Gasteiger charge is -2.27. The van der Waals surface area contributed by atoms with Gasteiger partial charge in [0.2, 0.25) is 5.91 Å². The lowest BCUT2D eigenvalue weighted by molar-refractivity contribution is -0.139. The molecule has 2 amide bonds. The van der Waals surface area contributed by atoms with Gasteiger partial charge in [-0.25, -0.2) is 0 Å². The molecule has 7 rings (SSSR count). The Morgan fingerprint density at radius 2 is 1.76 bits per heavy atom. The van der Waals surface area contributed by atoms with E-state index < -0.39 is 5.91 Å². The molecule has 3 fully saturated rings. The number of fused-ring (bicyclic) bond motifs is 3. The fourth-order valence-corrected chi connectivity index (χ4v) is 6.30. The maximum atomic E-state index is 13.6. The first kappa shape index (κ1) is 22.3. The molecule has 0 unspecified atom stereocenters. The summed E-state index contributed by atoms with van der Waals surface area (Å²) < 4.78 is 12.8. The molecule has 3 heterocycles. The van der Waals surface area contributed by atoms with Crippen molar-refractivity contribution < 1.29 is 23.9 Å².